The van der Waals surface area contributed by atoms with E-state index >= 15 is 0 Å². The zero-order valence-corrected chi connectivity index (χ0v) is 11.0. The van der Waals surface area contributed by atoms with Crippen LogP contribution in [0.4, 0.5) is 4.79 Å². The zero-order chi connectivity index (χ0) is 13.4. The summed E-state index contributed by atoms with van der Waals surface area (Å²) in [4.78, 5) is 35.5. The molecule has 7 heteroatoms. The van der Waals surface area contributed by atoms with Crippen LogP contribution in [0.5, 0.6) is 0 Å². The minimum atomic E-state index is -1.15. The highest BCUT2D eigenvalue weighted by atomic mass is 32.2. The van der Waals surface area contributed by atoms with Gasteiger partial charge >= 0.3 is 11.3 Å². The molecule has 2 aliphatic heterocycles. The minimum Gasteiger partial charge on any atom is -0.477 e. The lowest BCUT2D eigenvalue weighted by Gasteiger charge is -2.47. The number of fused-ring (bicyclic) bond motifs is 1. The third-order valence-electron chi connectivity index (χ3n) is 2.81. The molecule has 0 aromatic carbocycles. The first kappa shape index (κ1) is 12.9. The molecule has 0 aromatic rings. The first-order valence-corrected chi connectivity index (χ1v) is 7.24. The summed E-state index contributed by atoms with van der Waals surface area (Å²) in [5.74, 6) is -0.991. The van der Waals surface area contributed by atoms with Crippen LogP contribution < -0.4 is 0 Å². The van der Waals surface area contributed by atoms with E-state index in [-0.39, 0.29) is 34.8 Å². The highest BCUT2D eigenvalue weighted by Gasteiger charge is 2.48. The van der Waals surface area contributed by atoms with Gasteiger partial charge in [0.1, 0.15) is 5.70 Å². The molecule has 0 saturated carbocycles. The number of rotatable bonds is 2. The van der Waals surface area contributed by atoms with Crippen molar-refractivity contribution in [1.82, 2.24) is 4.90 Å². The van der Waals surface area contributed by atoms with Gasteiger partial charge in [-0.3, -0.25) is 9.69 Å². The molecule has 2 unspecified atom stereocenters. The van der Waals surface area contributed by atoms with Crippen molar-refractivity contribution in [3.8, 4) is 0 Å². The van der Waals surface area contributed by atoms with E-state index in [1.807, 2.05) is 0 Å². The monoisotopic (exact) mass is 273 g/mol. The van der Waals surface area contributed by atoms with Gasteiger partial charge in [0.2, 0.25) is 5.91 Å². The summed E-state index contributed by atoms with van der Waals surface area (Å²) in [5.41, 5.74) is -0.00709. The maximum Gasteiger partial charge on any atom is 0.352 e. The van der Waals surface area contributed by atoms with Crippen molar-refractivity contribution in [3.63, 3.8) is 0 Å². The second-order valence-electron chi connectivity index (χ2n) is 4.43. The van der Waals surface area contributed by atoms with E-state index in [1.165, 1.54) is 11.0 Å². The van der Waals surface area contributed by atoms with Crippen molar-refractivity contribution < 1.29 is 24.2 Å². The number of carboxylic acid groups (broad SMARTS) is 1. The number of nitrogens with zero attached hydrogens (tertiary/aromatic N) is 1. The Morgan fingerprint density at radius 3 is 2.72 bits per heavy atom. The molecule has 2 atom stereocenters. The molecule has 6 nitrogen and oxygen atoms in total. The van der Waals surface area contributed by atoms with Crippen LogP contribution in [0.3, 0.4) is 0 Å². The Morgan fingerprint density at radius 1 is 1.56 bits per heavy atom. The molecule has 2 rings (SSSR count). The molecule has 1 fully saturated rings. The highest BCUT2D eigenvalue weighted by Crippen LogP contribution is 2.48. The van der Waals surface area contributed by atoms with Gasteiger partial charge in [-0.25, -0.2) is 9.59 Å². The number of carbonyl (C=O) groups excluding carboxylic acids is 2. The van der Waals surface area contributed by atoms with Crippen molar-refractivity contribution in [3.05, 3.63) is 11.8 Å². The van der Waals surface area contributed by atoms with Gasteiger partial charge in [0.05, 0.1) is 17.9 Å². The summed E-state index contributed by atoms with van der Waals surface area (Å²) in [6.45, 7) is 3.53. The Kier molecular flexibility index (Phi) is 3.34. The second kappa shape index (κ2) is 4.64. The average molecular weight is 273 g/mol. The predicted molar refractivity (Wildman–Crippen MR) is 66.4 cm³/mol. The molecule has 0 aliphatic carbocycles. The summed E-state index contributed by atoms with van der Waals surface area (Å²) in [7, 11) is -1.15. The van der Waals surface area contributed by atoms with E-state index in [4.69, 9.17) is 9.84 Å². The number of amides is 1. The summed E-state index contributed by atoms with van der Waals surface area (Å²) in [6.07, 6.45) is 1.49. The van der Waals surface area contributed by atoms with Gasteiger partial charge in [0.25, 0.3) is 0 Å². The third kappa shape index (κ3) is 2.10. The molecule has 0 bridgehead atoms. The Morgan fingerprint density at radius 2 is 2.22 bits per heavy atom. The molecule has 0 aromatic heterocycles. The summed E-state index contributed by atoms with van der Waals surface area (Å²) in [5, 5.41) is 8.38. The molecule has 2 heterocycles. The number of β-lactam (4-membered cyclic amide) rings is 1. The van der Waals surface area contributed by atoms with Gasteiger partial charge in [0, 0.05) is 5.75 Å². The van der Waals surface area contributed by atoms with E-state index in [1.54, 1.807) is 13.8 Å². The smallest absolute Gasteiger partial charge is 0.352 e. The van der Waals surface area contributed by atoms with E-state index in [9.17, 15) is 14.4 Å². The molecule has 2 aliphatic rings. The van der Waals surface area contributed by atoms with Crippen molar-refractivity contribution in [2.24, 2.45) is 0 Å². The van der Waals surface area contributed by atoms with E-state index < -0.39 is 16.9 Å². The number of aliphatic carboxylic acids is 1. The van der Waals surface area contributed by atoms with Gasteiger partial charge in [0.15, 0.2) is 0 Å². The summed E-state index contributed by atoms with van der Waals surface area (Å²) >= 11 is 0. The second-order valence-corrected chi connectivity index (χ2v) is 6.69. The molecule has 18 heavy (non-hydrogen) atoms. The largest absolute Gasteiger partial charge is 0.477 e. The predicted octanol–water partition coefficient (Wildman–Crippen LogP) is 1.07. The van der Waals surface area contributed by atoms with Crippen LogP contribution >= 0.6 is 10.9 Å². The topological polar surface area (TPSA) is 83.9 Å². The van der Waals surface area contributed by atoms with Gasteiger partial charge < -0.3 is 9.84 Å². The lowest BCUT2D eigenvalue weighted by Crippen LogP contribution is -2.55. The Balaban J connectivity index is 2.16. The van der Waals surface area contributed by atoms with Gasteiger partial charge in [-0.05, 0) is 19.9 Å². The van der Waals surface area contributed by atoms with E-state index in [0.717, 1.165) is 0 Å². The Bertz CT molecular complexity index is 445. The van der Waals surface area contributed by atoms with Crippen molar-refractivity contribution in [1.29, 1.82) is 0 Å². The van der Waals surface area contributed by atoms with Crippen molar-refractivity contribution in [2.75, 3.05) is 5.75 Å². The minimum absolute atomic E-state index is 0.00709. The van der Waals surface area contributed by atoms with Crippen LogP contribution in [0.1, 0.15) is 20.3 Å². The standard InChI is InChI=1S/C11H15NO5S/c1-6(2)17-11(16)18-4-3-7(10(14)15)12-8(13)5-9(12)18/h3,6,9,18H,4-5H2,1-2H3,(H,14,15). The number of carbonyl (C=O) groups is 3. The van der Waals surface area contributed by atoms with Crippen molar-refractivity contribution in [2.45, 2.75) is 31.7 Å². The number of ether oxygens (including phenoxy) is 1. The van der Waals surface area contributed by atoms with Crippen LogP contribution in [0.25, 0.3) is 0 Å². The first-order chi connectivity index (χ1) is 8.41. The van der Waals surface area contributed by atoms with Crippen LogP contribution in [-0.4, -0.2) is 44.4 Å². The Hall–Kier alpha value is -1.50. The number of hydrogen-bond donors (Lipinski definition) is 2. The number of hydrogen-bond acceptors (Lipinski definition) is 4. The van der Waals surface area contributed by atoms with Gasteiger partial charge in [-0.2, -0.15) is 0 Å². The Labute approximate surface area is 107 Å². The van der Waals surface area contributed by atoms with Crippen LogP contribution in [0, 0.1) is 0 Å². The quantitative estimate of drug-likeness (QED) is 0.447. The fraction of sp³-hybridized carbons (Fsp3) is 0.545. The lowest BCUT2D eigenvalue weighted by atomic mass is 10.1. The van der Waals surface area contributed by atoms with Gasteiger partial charge in [-0.1, -0.05) is 0 Å². The molecule has 0 spiro atoms. The molecule has 1 saturated heterocycles. The highest BCUT2D eigenvalue weighted by molar-refractivity contribution is 8.30. The molecular formula is C11H15NO5S. The maximum absolute atomic E-state index is 11.9. The molecular weight excluding hydrogens is 258 g/mol. The van der Waals surface area contributed by atoms with Crippen LogP contribution in [-0.2, 0) is 14.3 Å². The third-order valence-corrected chi connectivity index (χ3v) is 5.10. The number of thiol groups is 1. The summed E-state index contributed by atoms with van der Waals surface area (Å²) < 4.78 is 5.15. The SMILES string of the molecule is CC(C)OC(=O)[SH]1CC=C(C(=O)O)N2C(=O)CC21. The van der Waals surface area contributed by atoms with Crippen LogP contribution in [0.2, 0.25) is 0 Å². The average Bonchev–Trinajstić information content (AvgIpc) is 2.25. The molecule has 1 N–H and O–H groups in total. The van der Waals surface area contributed by atoms with Crippen molar-refractivity contribution >= 4 is 28.1 Å². The van der Waals surface area contributed by atoms with Gasteiger partial charge in [-0.15, -0.1) is 10.9 Å². The fourth-order valence-corrected chi connectivity index (χ4v) is 4.26. The molecule has 0 radical (unpaired) electrons. The molecule has 100 valence electrons. The maximum atomic E-state index is 11.9. The summed E-state index contributed by atoms with van der Waals surface area (Å²) in [6, 6.07) is 0. The molecule has 1 amide bonds. The van der Waals surface area contributed by atoms with E-state index in [0.29, 0.717) is 5.75 Å². The first-order valence-electron chi connectivity index (χ1n) is 5.64. The number of carboxylic acids is 1. The lowest BCUT2D eigenvalue weighted by molar-refractivity contribution is -0.146. The normalized spacial score (nSPS) is 28.3. The van der Waals surface area contributed by atoms with Crippen LogP contribution in [0.15, 0.2) is 11.8 Å². The zero-order valence-electron chi connectivity index (χ0n) is 10.1. The fourth-order valence-electron chi connectivity index (χ4n) is 2.00. The van der Waals surface area contributed by atoms with E-state index in [2.05, 4.69) is 0 Å².